The van der Waals surface area contributed by atoms with Crippen LogP contribution in [-0.4, -0.2) is 26.3 Å². The molecule has 4 aromatic rings. The van der Waals surface area contributed by atoms with Crippen molar-refractivity contribution in [2.24, 2.45) is 0 Å². The van der Waals surface area contributed by atoms with Gasteiger partial charge in [0, 0.05) is 23.0 Å². The lowest BCUT2D eigenvalue weighted by molar-refractivity contribution is -0.146. The van der Waals surface area contributed by atoms with Gasteiger partial charge in [-0.15, -0.1) is 0 Å². The highest BCUT2D eigenvalue weighted by molar-refractivity contribution is 5.91. The molecule has 3 aromatic heterocycles. The van der Waals surface area contributed by atoms with Gasteiger partial charge in [0.25, 0.3) is 0 Å². The first-order valence-electron chi connectivity index (χ1n) is 8.37. The SMILES string of the molecule is Cc1cc2cc(Nc3n[nH]c4cccnc34)ccc2c(C(C)C(F)(F)F)n1. The van der Waals surface area contributed by atoms with Gasteiger partial charge in [-0.1, -0.05) is 6.07 Å². The third-order valence-electron chi connectivity index (χ3n) is 4.47. The molecule has 0 radical (unpaired) electrons. The van der Waals surface area contributed by atoms with E-state index in [0.717, 1.165) is 12.4 Å². The summed E-state index contributed by atoms with van der Waals surface area (Å²) >= 11 is 0. The summed E-state index contributed by atoms with van der Waals surface area (Å²) in [5.41, 5.74) is 2.77. The van der Waals surface area contributed by atoms with Crippen molar-refractivity contribution in [3.8, 4) is 0 Å². The average molecular weight is 371 g/mol. The number of rotatable bonds is 3. The fourth-order valence-electron chi connectivity index (χ4n) is 3.06. The Morgan fingerprint density at radius 3 is 2.74 bits per heavy atom. The summed E-state index contributed by atoms with van der Waals surface area (Å²) in [6.45, 7) is 2.83. The first kappa shape index (κ1) is 17.3. The number of anilines is 2. The van der Waals surface area contributed by atoms with Crippen molar-refractivity contribution < 1.29 is 13.2 Å². The van der Waals surface area contributed by atoms with Crippen LogP contribution in [0.1, 0.15) is 24.2 Å². The lowest BCUT2D eigenvalue weighted by atomic mass is 9.99. The molecule has 8 heteroatoms. The number of H-pyrrole nitrogens is 1. The van der Waals surface area contributed by atoms with Gasteiger partial charge >= 0.3 is 6.18 Å². The van der Waals surface area contributed by atoms with Crippen LogP contribution in [0.25, 0.3) is 21.8 Å². The van der Waals surface area contributed by atoms with Gasteiger partial charge in [-0.05, 0) is 49.6 Å². The molecule has 0 saturated heterocycles. The number of aromatic nitrogens is 4. The fraction of sp³-hybridized carbons (Fsp3) is 0.211. The van der Waals surface area contributed by atoms with Crippen molar-refractivity contribution in [2.45, 2.75) is 25.9 Å². The Balaban J connectivity index is 1.76. The molecule has 0 bridgehead atoms. The topological polar surface area (TPSA) is 66.5 Å². The summed E-state index contributed by atoms with van der Waals surface area (Å²) in [5.74, 6) is -1.09. The van der Waals surface area contributed by atoms with Crippen LogP contribution in [0.15, 0.2) is 42.6 Å². The van der Waals surface area contributed by atoms with Gasteiger partial charge in [-0.3, -0.25) is 15.1 Å². The van der Waals surface area contributed by atoms with E-state index >= 15 is 0 Å². The second kappa shape index (κ2) is 6.22. The largest absolute Gasteiger partial charge is 0.397 e. The normalized spacial score (nSPS) is 13.2. The number of benzene rings is 1. The van der Waals surface area contributed by atoms with Crippen LogP contribution in [-0.2, 0) is 0 Å². The molecule has 0 aliphatic carbocycles. The maximum atomic E-state index is 13.2. The summed E-state index contributed by atoms with van der Waals surface area (Å²) in [6, 6.07) is 10.6. The average Bonchev–Trinajstić information content (AvgIpc) is 3.02. The zero-order valence-corrected chi connectivity index (χ0v) is 14.6. The number of fused-ring (bicyclic) bond motifs is 2. The number of pyridine rings is 2. The predicted molar refractivity (Wildman–Crippen MR) is 98.1 cm³/mol. The minimum Gasteiger partial charge on any atom is -0.337 e. The molecular formula is C19H16F3N5. The molecular weight excluding hydrogens is 355 g/mol. The quantitative estimate of drug-likeness (QED) is 0.518. The van der Waals surface area contributed by atoms with E-state index in [2.05, 4.69) is 25.5 Å². The van der Waals surface area contributed by atoms with E-state index in [1.807, 2.05) is 6.07 Å². The Morgan fingerprint density at radius 2 is 1.96 bits per heavy atom. The molecule has 0 spiro atoms. The molecule has 1 aromatic carbocycles. The zero-order chi connectivity index (χ0) is 19.2. The minimum absolute atomic E-state index is 0.0379. The lowest BCUT2D eigenvalue weighted by Crippen LogP contribution is -2.19. The first-order valence-corrected chi connectivity index (χ1v) is 8.37. The number of hydrogen-bond donors (Lipinski definition) is 2. The summed E-state index contributed by atoms with van der Waals surface area (Å²) in [7, 11) is 0. The molecule has 27 heavy (non-hydrogen) atoms. The van der Waals surface area contributed by atoms with Crippen molar-refractivity contribution in [3.05, 3.63) is 54.0 Å². The highest BCUT2D eigenvalue weighted by atomic mass is 19.4. The Kier molecular flexibility index (Phi) is 3.98. The van der Waals surface area contributed by atoms with Gasteiger partial charge in [-0.25, -0.2) is 0 Å². The number of hydrogen-bond acceptors (Lipinski definition) is 4. The number of alkyl halides is 3. The standard InChI is InChI=1S/C19H16F3N5/c1-10-8-12-9-13(25-18-17-15(26-27-18)4-3-7-23-17)5-6-14(12)16(24-10)11(2)19(20,21)22/h3-9,11H,1-2H3,(H2,25,26,27). The molecule has 1 unspecified atom stereocenters. The number of aryl methyl sites for hydroxylation is 1. The van der Waals surface area contributed by atoms with Crippen molar-refractivity contribution >= 4 is 33.3 Å². The molecule has 5 nitrogen and oxygen atoms in total. The highest BCUT2D eigenvalue weighted by Crippen LogP contribution is 2.37. The zero-order valence-electron chi connectivity index (χ0n) is 14.6. The molecule has 138 valence electrons. The van der Waals surface area contributed by atoms with E-state index in [9.17, 15) is 13.2 Å². The van der Waals surface area contributed by atoms with E-state index in [0.29, 0.717) is 33.5 Å². The van der Waals surface area contributed by atoms with Crippen molar-refractivity contribution in [2.75, 3.05) is 5.32 Å². The molecule has 1 atom stereocenters. The van der Waals surface area contributed by atoms with Gasteiger partial charge < -0.3 is 5.32 Å². The Bertz CT molecular complexity index is 1130. The monoisotopic (exact) mass is 371 g/mol. The summed E-state index contributed by atoms with van der Waals surface area (Å²) in [6.07, 6.45) is -2.67. The summed E-state index contributed by atoms with van der Waals surface area (Å²) < 4.78 is 39.6. The van der Waals surface area contributed by atoms with E-state index in [-0.39, 0.29) is 5.69 Å². The third kappa shape index (κ3) is 3.18. The van der Waals surface area contributed by atoms with E-state index in [4.69, 9.17) is 0 Å². The highest BCUT2D eigenvalue weighted by Gasteiger charge is 2.39. The molecule has 0 fully saturated rings. The summed E-state index contributed by atoms with van der Waals surface area (Å²) in [4.78, 5) is 8.43. The number of nitrogens with one attached hydrogen (secondary N) is 2. The second-order valence-electron chi connectivity index (χ2n) is 6.44. The second-order valence-corrected chi connectivity index (χ2v) is 6.44. The number of nitrogens with zero attached hydrogens (tertiary/aromatic N) is 3. The van der Waals surface area contributed by atoms with E-state index in [1.54, 1.807) is 43.5 Å². The molecule has 0 saturated carbocycles. The molecule has 3 heterocycles. The van der Waals surface area contributed by atoms with E-state index < -0.39 is 12.1 Å². The van der Waals surface area contributed by atoms with Gasteiger partial charge in [0.15, 0.2) is 5.82 Å². The Hall–Kier alpha value is -3.16. The fourth-order valence-corrected chi connectivity index (χ4v) is 3.06. The Morgan fingerprint density at radius 1 is 1.15 bits per heavy atom. The molecule has 4 rings (SSSR count). The molecule has 2 N–H and O–H groups in total. The predicted octanol–water partition coefficient (Wildman–Crippen LogP) is 5.22. The van der Waals surface area contributed by atoms with Crippen molar-refractivity contribution in [3.63, 3.8) is 0 Å². The minimum atomic E-state index is -4.34. The van der Waals surface area contributed by atoms with Gasteiger partial charge in [0.05, 0.1) is 17.1 Å². The maximum absolute atomic E-state index is 13.2. The maximum Gasteiger partial charge on any atom is 0.397 e. The molecule has 0 aliphatic rings. The van der Waals surface area contributed by atoms with E-state index in [1.165, 1.54) is 0 Å². The number of halogens is 3. The van der Waals surface area contributed by atoms with Crippen LogP contribution in [0.5, 0.6) is 0 Å². The summed E-state index contributed by atoms with van der Waals surface area (Å²) in [5, 5.41) is 11.4. The van der Waals surface area contributed by atoms with Crippen molar-refractivity contribution in [1.82, 2.24) is 20.2 Å². The Labute approximate surface area is 152 Å². The number of aromatic amines is 1. The van der Waals surface area contributed by atoms with Gasteiger partial charge in [0.2, 0.25) is 0 Å². The van der Waals surface area contributed by atoms with Crippen LogP contribution >= 0.6 is 0 Å². The van der Waals surface area contributed by atoms with Crippen LogP contribution < -0.4 is 5.32 Å². The van der Waals surface area contributed by atoms with Gasteiger partial charge in [-0.2, -0.15) is 18.3 Å². The third-order valence-corrected chi connectivity index (χ3v) is 4.47. The first-order chi connectivity index (χ1) is 12.8. The molecule has 0 amide bonds. The molecule has 0 aliphatic heterocycles. The lowest BCUT2D eigenvalue weighted by Gasteiger charge is -2.18. The smallest absolute Gasteiger partial charge is 0.337 e. The van der Waals surface area contributed by atoms with Crippen LogP contribution in [0.2, 0.25) is 0 Å². The van der Waals surface area contributed by atoms with Crippen LogP contribution in [0, 0.1) is 6.92 Å². The van der Waals surface area contributed by atoms with Gasteiger partial charge in [0.1, 0.15) is 5.52 Å². The van der Waals surface area contributed by atoms with Crippen LogP contribution in [0.4, 0.5) is 24.7 Å². The van der Waals surface area contributed by atoms with Crippen molar-refractivity contribution in [1.29, 1.82) is 0 Å². The van der Waals surface area contributed by atoms with Crippen LogP contribution in [0.3, 0.4) is 0 Å².